The predicted octanol–water partition coefficient (Wildman–Crippen LogP) is 2.84. The van der Waals surface area contributed by atoms with E-state index in [9.17, 15) is 43.9 Å². The summed E-state index contributed by atoms with van der Waals surface area (Å²) >= 11 is 0. The molecule has 0 aliphatic heterocycles. The van der Waals surface area contributed by atoms with Crippen molar-refractivity contribution in [1.82, 2.24) is 4.72 Å². The van der Waals surface area contributed by atoms with Gasteiger partial charge >= 0.3 is 23.3 Å². The fourth-order valence-electron chi connectivity index (χ4n) is 3.57. The summed E-state index contributed by atoms with van der Waals surface area (Å²) in [5.74, 6) is -8.36. The minimum absolute atomic E-state index is 0.175. The van der Waals surface area contributed by atoms with Crippen LogP contribution in [0.1, 0.15) is 19.3 Å². The zero-order chi connectivity index (χ0) is 20.8. The molecule has 2 bridgehead atoms. The van der Waals surface area contributed by atoms with Crippen molar-refractivity contribution in [2.45, 2.75) is 42.7 Å². The van der Waals surface area contributed by atoms with Crippen molar-refractivity contribution in [1.29, 1.82) is 0 Å². The molecule has 4 atom stereocenters. The van der Waals surface area contributed by atoms with Crippen LogP contribution in [0.4, 0.5) is 30.7 Å². The Morgan fingerprint density at radius 1 is 1.07 bits per heavy atom. The number of sulfonamides is 1. The lowest BCUT2D eigenvalue weighted by Crippen LogP contribution is -2.59. The van der Waals surface area contributed by atoms with Crippen LogP contribution >= 0.6 is 0 Å². The summed E-state index contributed by atoms with van der Waals surface area (Å²) in [5, 5.41) is -6.36. The van der Waals surface area contributed by atoms with E-state index < -0.39 is 51.9 Å². The van der Waals surface area contributed by atoms with Crippen molar-refractivity contribution >= 4 is 16.0 Å². The third-order valence-corrected chi connectivity index (χ3v) is 6.45. The maximum Gasteiger partial charge on any atom is 0.461 e. The number of carbonyl (C=O) groups excluding carboxylic acids is 1. The summed E-state index contributed by atoms with van der Waals surface area (Å²) in [6, 6.07) is 0. The monoisotopic (exact) mass is 427 g/mol. The fourth-order valence-corrected chi connectivity index (χ4v) is 4.64. The molecule has 2 rings (SSSR count). The second-order valence-corrected chi connectivity index (χ2v) is 8.42. The first-order valence-electron chi connectivity index (χ1n) is 7.78. The van der Waals surface area contributed by atoms with Gasteiger partial charge in [0.15, 0.2) is 0 Å². The van der Waals surface area contributed by atoms with Crippen molar-refractivity contribution in [3.8, 4) is 0 Å². The van der Waals surface area contributed by atoms with E-state index >= 15 is 0 Å². The van der Waals surface area contributed by atoms with Crippen molar-refractivity contribution in [2.75, 3.05) is 6.54 Å². The number of alkyl halides is 7. The first-order valence-corrected chi connectivity index (χ1v) is 9.27. The third-order valence-electron chi connectivity index (χ3n) is 4.97. The smallest absolute Gasteiger partial charge is 0.459 e. The molecule has 5 nitrogen and oxygen atoms in total. The molecule has 27 heavy (non-hydrogen) atoms. The van der Waals surface area contributed by atoms with Crippen molar-refractivity contribution in [3.05, 3.63) is 12.7 Å². The minimum atomic E-state index is -6.75. The van der Waals surface area contributed by atoms with Gasteiger partial charge in [-0.15, -0.1) is 0 Å². The zero-order valence-electron chi connectivity index (χ0n) is 13.6. The van der Waals surface area contributed by atoms with E-state index in [1.807, 2.05) is 0 Å². The van der Waals surface area contributed by atoms with E-state index in [4.69, 9.17) is 4.74 Å². The highest BCUT2D eigenvalue weighted by Crippen LogP contribution is 2.51. The van der Waals surface area contributed by atoms with Gasteiger partial charge in [-0.05, 0) is 37.0 Å². The SMILES string of the molecule is C=CC(=O)OC1CC2CC1CC2CNS(=O)(=O)C(F)(F)C(F)(F)C(F)(F)F. The molecule has 0 aromatic heterocycles. The molecule has 0 amide bonds. The van der Waals surface area contributed by atoms with Gasteiger partial charge in [-0.25, -0.2) is 17.9 Å². The Bertz CT molecular complexity index is 707. The lowest BCUT2D eigenvalue weighted by Gasteiger charge is -2.30. The van der Waals surface area contributed by atoms with Crippen LogP contribution in [0, 0.1) is 17.8 Å². The van der Waals surface area contributed by atoms with Gasteiger partial charge in [-0.2, -0.15) is 30.7 Å². The molecular formula is C14H16F7NO4S. The molecule has 13 heteroatoms. The standard InChI is InChI=1S/C14H16F7NO4S/c1-2-11(23)26-10-5-7-3-8(10)4-9(7)6-22-27(24,25)14(20,21)12(15,16)13(17,18)19/h2,7-10,22H,1,3-6H2. The van der Waals surface area contributed by atoms with Gasteiger partial charge in [0.1, 0.15) is 6.10 Å². The van der Waals surface area contributed by atoms with Gasteiger partial charge in [-0.1, -0.05) is 6.58 Å². The normalized spacial score (nSPS) is 29.0. The summed E-state index contributed by atoms with van der Waals surface area (Å²) < 4.78 is 118. The first kappa shape index (κ1) is 21.9. The Hall–Kier alpha value is -1.37. The zero-order valence-corrected chi connectivity index (χ0v) is 14.4. The van der Waals surface area contributed by atoms with Crippen LogP contribution < -0.4 is 4.72 Å². The number of nitrogens with one attached hydrogen (secondary N) is 1. The first-order chi connectivity index (χ1) is 12.1. The maximum atomic E-state index is 13.4. The second kappa shape index (κ2) is 6.90. The van der Waals surface area contributed by atoms with Crippen LogP contribution in [0.2, 0.25) is 0 Å². The van der Waals surface area contributed by atoms with E-state index in [1.54, 1.807) is 0 Å². The lowest BCUT2D eigenvalue weighted by molar-refractivity contribution is -0.332. The quantitative estimate of drug-likeness (QED) is 0.385. The van der Waals surface area contributed by atoms with Gasteiger partial charge in [0, 0.05) is 12.6 Å². The lowest BCUT2D eigenvalue weighted by atomic mass is 9.87. The van der Waals surface area contributed by atoms with Crippen LogP contribution in [0.25, 0.3) is 0 Å². The summed E-state index contributed by atoms with van der Waals surface area (Å²) in [7, 11) is -6.29. The molecule has 0 heterocycles. The van der Waals surface area contributed by atoms with Crippen LogP contribution in [-0.4, -0.2) is 44.4 Å². The van der Waals surface area contributed by atoms with Gasteiger partial charge in [0.25, 0.3) is 10.0 Å². The highest BCUT2D eigenvalue weighted by Gasteiger charge is 2.78. The number of hydrogen-bond acceptors (Lipinski definition) is 4. The Kier molecular flexibility index (Phi) is 5.61. The summed E-state index contributed by atoms with van der Waals surface area (Å²) in [5.41, 5.74) is 0. The topological polar surface area (TPSA) is 72.5 Å². The fraction of sp³-hybridized carbons (Fsp3) is 0.786. The van der Waals surface area contributed by atoms with Gasteiger partial charge in [0.05, 0.1) is 0 Å². The molecule has 0 spiro atoms. The highest BCUT2D eigenvalue weighted by molar-refractivity contribution is 7.90. The molecule has 0 aromatic rings. The van der Waals surface area contributed by atoms with Gasteiger partial charge in [0.2, 0.25) is 0 Å². The third kappa shape index (κ3) is 3.80. The molecule has 2 aliphatic carbocycles. The minimum Gasteiger partial charge on any atom is -0.459 e. The summed E-state index contributed by atoms with van der Waals surface area (Å²) in [6.07, 6.45) is -5.17. The highest BCUT2D eigenvalue weighted by atomic mass is 32.2. The molecule has 156 valence electrons. The Morgan fingerprint density at radius 3 is 2.11 bits per heavy atom. The average Bonchev–Trinajstić information content (AvgIpc) is 3.11. The molecule has 4 unspecified atom stereocenters. The van der Waals surface area contributed by atoms with Crippen LogP contribution in [0.3, 0.4) is 0 Å². The molecular weight excluding hydrogens is 411 g/mol. The largest absolute Gasteiger partial charge is 0.461 e. The van der Waals surface area contributed by atoms with Crippen molar-refractivity contribution < 1.29 is 48.7 Å². The Labute approximate surface area is 150 Å². The van der Waals surface area contributed by atoms with Crippen molar-refractivity contribution in [3.63, 3.8) is 0 Å². The van der Waals surface area contributed by atoms with E-state index in [1.165, 1.54) is 4.72 Å². The molecule has 2 saturated carbocycles. The van der Waals surface area contributed by atoms with Crippen molar-refractivity contribution in [2.24, 2.45) is 17.8 Å². The molecule has 0 saturated heterocycles. The predicted molar refractivity (Wildman–Crippen MR) is 77.3 cm³/mol. The second-order valence-electron chi connectivity index (χ2n) is 6.61. The number of ether oxygens (including phenoxy) is 1. The van der Waals surface area contributed by atoms with E-state index in [0.29, 0.717) is 12.8 Å². The number of carbonyl (C=O) groups is 1. The molecule has 1 N–H and O–H groups in total. The number of hydrogen-bond donors (Lipinski definition) is 1. The number of halogens is 7. The van der Waals surface area contributed by atoms with Gasteiger partial charge < -0.3 is 4.74 Å². The molecule has 2 aliphatic rings. The van der Waals surface area contributed by atoms with Crippen LogP contribution in [-0.2, 0) is 19.6 Å². The molecule has 2 fully saturated rings. The van der Waals surface area contributed by atoms with E-state index in [-0.39, 0.29) is 18.3 Å². The Balaban J connectivity index is 2.00. The van der Waals surface area contributed by atoms with E-state index in [0.717, 1.165) is 6.08 Å². The number of esters is 1. The molecule has 0 radical (unpaired) electrons. The van der Waals surface area contributed by atoms with Crippen LogP contribution in [0.15, 0.2) is 12.7 Å². The average molecular weight is 427 g/mol. The number of fused-ring (bicyclic) bond motifs is 2. The molecule has 0 aromatic carbocycles. The van der Waals surface area contributed by atoms with Crippen LogP contribution in [0.5, 0.6) is 0 Å². The maximum absolute atomic E-state index is 13.4. The van der Waals surface area contributed by atoms with Gasteiger partial charge in [-0.3, -0.25) is 0 Å². The summed E-state index contributed by atoms with van der Waals surface area (Å²) in [6.45, 7) is 2.52. The Morgan fingerprint density at radius 2 is 1.67 bits per heavy atom. The van der Waals surface area contributed by atoms with E-state index in [2.05, 4.69) is 6.58 Å². The number of rotatable bonds is 7. The summed E-state index contributed by atoms with van der Waals surface area (Å²) in [4.78, 5) is 11.2.